The highest BCUT2D eigenvalue weighted by molar-refractivity contribution is 5.30. The molecule has 0 aliphatic rings. The van der Waals surface area contributed by atoms with Gasteiger partial charge in [-0.25, -0.2) is 4.39 Å². The van der Waals surface area contributed by atoms with Crippen LogP contribution in [0.5, 0.6) is 5.75 Å². The minimum Gasteiger partial charge on any atom is -0.488 e. The van der Waals surface area contributed by atoms with Crippen LogP contribution in [0.4, 0.5) is 4.39 Å². The van der Waals surface area contributed by atoms with Crippen LogP contribution >= 0.6 is 0 Å². The summed E-state index contributed by atoms with van der Waals surface area (Å²) in [5.74, 6) is -0.360. The fourth-order valence-electron chi connectivity index (χ4n) is 1.62. The lowest BCUT2D eigenvalue weighted by Gasteiger charge is -2.14. The van der Waals surface area contributed by atoms with Crippen molar-refractivity contribution in [2.75, 3.05) is 19.8 Å². The normalized spacial score (nSPS) is 14.1. The highest BCUT2D eigenvalue weighted by Gasteiger charge is 2.10. The Hall–Kier alpha value is -1.17. The number of hydrogen-bond acceptors (Lipinski definition) is 4. The van der Waals surface area contributed by atoms with Crippen LogP contribution < -0.4 is 10.5 Å². The van der Waals surface area contributed by atoms with Crippen LogP contribution in [0.2, 0.25) is 0 Å². The Morgan fingerprint density at radius 3 is 2.70 bits per heavy atom. The molecule has 1 rings (SSSR count). The van der Waals surface area contributed by atoms with Gasteiger partial charge >= 0.3 is 0 Å². The number of aliphatic hydroxyl groups is 1. The number of aliphatic hydroxyl groups excluding tert-OH is 1. The van der Waals surface area contributed by atoms with Gasteiger partial charge in [-0.15, -0.1) is 0 Å². The number of hydrogen-bond donors (Lipinski definition) is 2. The first-order chi connectivity index (χ1) is 9.54. The van der Waals surface area contributed by atoms with Gasteiger partial charge < -0.3 is 20.3 Å². The van der Waals surface area contributed by atoms with Crippen LogP contribution in [-0.4, -0.2) is 31.0 Å². The summed E-state index contributed by atoms with van der Waals surface area (Å²) >= 11 is 0. The molecule has 3 N–H and O–H groups in total. The first-order valence-electron chi connectivity index (χ1n) is 6.98. The highest BCUT2D eigenvalue weighted by atomic mass is 19.1. The molecule has 1 aromatic carbocycles. The van der Waals surface area contributed by atoms with Gasteiger partial charge in [0.15, 0.2) is 11.6 Å². The summed E-state index contributed by atoms with van der Waals surface area (Å²) in [5.41, 5.74) is 6.38. The van der Waals surface area contributed by atoms with Gasteiger partial charge in [0, 0.05) is 12.6 Å². The van der Waals surface area contributed by atoms with Gasteiger partial charge in [0.2, 0.25) is 0 Å². The van der Waals surface area contributed by atoms with Crippen LogP contribution in [0.25, 0.3) is 0 Å². The van der Waals surface area contributed by atoms with Crippen LogP contribution in [0.15, 0.2) is 18.2 Å². The molecule has 114 valence electrons. The maximum Gasteiger partial charge on any atom is 0.165 e. The van der Waals surface area contributed by atoms with Crippen molar-refractivity contribution in [3.05, 3.63) is 29.6 Å². The fraction of sp³-hybridized carbons (Fsp3) is 0.600. The Morgan fingerprint density at radius 1 is 1.35 bits per heavy atom. The molecule has 5 heteroatoms. The van der Waals surface area contributed by atoms with E-state index in [0.29, 0.717) is 12.2 Å². The molecule has 0 amide bonds. The lowest BCUT2D eigenvalue weighted by Crippen LogP contribution is -2.24. The second kappa shape index (κ2) is 8.89. The van der Waals surface area contributed by atoms with Gasteiger partial charge in [-0.1, -0.05) is 19.4 Å². The van der Waals surface area contributed by atoms with E-state index >= 15 is 0 Å². The Kier molecular flexibility index (Phi) is 7.51. The van der Waals surface area contributed by atoms with Crippen LogP contribution in [0.3, 0.4) is 0 Å². The van der Waals surface area contributed by atoms with E-state index in [9.17, 15) is 9.50 Å². The van der Waals surface area contributed by atoms with Gasteiger partial charge in [-0.2, -0.15) is 0 Å². The molecular weight excluding hydrogens is 261 g/mol. The number of unbranched alkanes of at least 4 members (excludes halogenated alkanes) is 1. The Balaban J connectivity index is 2.37. The highest BCUT2D eigenvalue weighted by Crippen LogP contribution is 2.21. The molecule has 0 bridgehead atoms. The van der Waals surface area contributed by atoms with Gasteiger partial charge in [0.25, 0.3) is 0 Å². The summed E-state index contributed by atoms with van der Waals surface area (Å²) in [6.07, 6.45) is 1.24. The van der Waals surface area contributed by atoms with Gasteiger partial charge in [-0.05, 0) is 31.0 Å². The lowest BCUT2D eigenvalue weighted by molar-refractivity contribution is 0.0106. The third-order valence-electron chi connectivity index (χ3n) is 2.87. The zero-order valence-electron chi connectivity index (χ0n) is 12.1. The van der Waals surface area contributed by atoms with Gasteiger partial charge in [0.1, 0.15) is 12.7 Å². The molecule has 1 aromatic rings. The quantitative estimate of drug-likeness (QED) is 0.684. The van der Waals surface area contributed by atoms with Crippen molar-refractivity contribution in [3.63, 3.8) is 0 Å². The third kappa shape index (κ3) is 5.86. The van der Waals surface area contributed by atoms with Gasteiger partial charge in [0.05, 0.1) is 6.61 Å². The van der Waals surface area contributed by atoms with E-state index in [-0.39, 0.29) is 25.0 Å². The number of halogens is 1. The van der Waals surface area contributed by atoms with Crippen LogP contribution in [0.1, 0.15) is 38.3 Å². The summed E-state index contributed by atoms with van der Waals surface area (Å²) in [6, 6.07) is 4.37. The monoisotopic (exact) mass is 285 g/mol. The van der Waals surface area contributed by atoms with Crippen LogP contribution in [0, 0.1) is 5.82 Å². The maximum absolute atomic E-state index is 13.7. The van der Waals surface area contributed by atoms with E-state index in [1.54, 1.807) is 13.0 Å². The second-order valence-electron chi connectivity index (χ2n) is 4.87. The molecule has 2 atom stereocenters. The summed E-state index contributed by atoms with van der Waals surface area (Å²) < 4.78 is 24.2. The SMILES string of the molecule is CCCCOCC(O)COc1ccc([C@H](C)N)cc1F. The topological polar surface area (TPSA) is 64.7 Å². The smallest absolute Gasteiger partial charge is 0.165 e. The summed E-state index contributed by atoms with van der Waals surface area (Å²) in [7, 11) is 0. The van der Waals surface area contributed by atoms with E-state index in [0.717, 1.165) is 12.8 Å². The van der Waals surface area contributed by atoms with Crippen molar-refractivity contribution in [1.82, 2.24) is 0 Å². The Labute approximate surface area is 119 Å². The number of rotatable bonds is 9. The van der Waals surface area contributed by atoms with E-state index < -0.39 is 11.9 Å². The molecule has 0 spiro atoms. The Bertz CT molecular complexity index is 399. The Morgan fingerprint density at radius 2 is 2.10 bits per heavy atom. The van der Waals surface area contributed by atoms with Crippen molar-refractivity contribution in [1.29, 1.82) is 0 Å². The molecule has 0 saturated heterocycles. The molecule has 0 aliphatic heterocycles. The van der Waals surface area contributed by atoms with Crippen LogP contribution in [-0.2, 0) is 4.74 Å². The van der Waals surface area contributed by atoms with Crippen molar-refractivity contribution in [2.45, 2.75) is 38.8 Å². The van der Waals surface area contributed by atoms with E-state index in [4.69, 9.17) is 15.2 Å². The minimum absolute atomic E-state index is 0.000566. The summed E-state index contributed by atoms with van der Waals surface area (Å²) in [4.78, 5) is 0. The van der Waals surface area contributed by atoms with Crippen molar-refractivity contribution >= 4 is 0 Å². The minimum atomic E-state index is -0.764. The number of ether oxygens (including phenoxy) is 2. The molecule has 0 saturated carbocycles. The van der Waals surface area contributed by atoms with E-state index in [2.05, 4.69) is 6.92 Å². The first kappa shape index (κ1) is 16.9. The summed E-state index contributed by atoms with van der Waals surface area (Å²) in [5, 5.41) is 9.65. The zero-order valence-corrected chi connectivity index (χ0v) is 12.1. The van der Waals surface area contributed by atoms with Crippen molar-refractivity contribution in [3.8, 4) is 5.75 Å². The summed E-state index contributed by atoms with van der Waals surface area (Å²) in [6.45, 7) is 4.66. The van der Waals surface area contributed by atoms with E-state index in [1.807, 2.05) is 0 Å². The molecule has 0 heterocycles. The molecule has 0 radical (unpaired) electrons. The van der Waals surface area contributed by atoms with E-state index in [1.165, 1.54) is 12.1 Å². The lowest BCUT2D eigenvalue weighted by atomic mass is 10.1. The molecule has 0 fully saturated rings. The standard InChI is InChI=1S/C15H24FNO3/c1-3-4-7-19-9-13(18)10-20-15-6-5-12(11(2)17)8-14(15)16/h5-6,8,11,13,18H,3-4,7,9-10,17H2,1-2H3/t11-,13?/m0/s1. The van der Waals surface area contributed by atoms with Gasteiger partial charge in [-0.3, -0.25) is 0 Å². The molecule has 0 aliphatic carbocycles. The molecule has 4 nitrogen and oxygen atoms in total. The average Bonchev–Trinajstić information content (AvgIpc) is 2.42. The van der Waals surface area contributed by atoms with Crippen molar-refractivity contribution in [2.24, 2.45) is 5.73 Å². The molecule has 1 unspecified atom stereocenters. The first-order valence-corrected chi connectivity index (χ1v) is 6.98. The van der Waals surface area contributed by atoms with Crippen molar-refractivity contribution < 1.29 is 19.0 Å². The zero-order chi connectivity index (χ0) is 15.0. The predicted molar refractivity (Wildman–Crippen MR) is 76.2 cm³/mol. The molecular formula is C15H24FNO3. The molecule has 20 heavy (non-hydrogen) atoms. The third-order valence-corrected chi connectivity index (χ3v) is 2.87. The largest absolute Gasteiger partial charge is 0.488 e. The second-order valence-corrected chi connectivity index (χ2v) is 4.87. The average molecular weight is 285 g/mol. The maximum atomic E-state index is 13.7. The fourth-order valence-corrected chi connectivity index (χ4v) is 1.62. The number of nitrogens with two attached hydrogens (primary N) is 1. The number of benzene rings is 1. The molecule has 0 aromatic heterocycles. The predicted octanol–water partition coefficient (Wildman–Crippen LogP) is 2.40.